The van der Waals surface area contributed by atoms with Gasteiger partial charge in [-0.05, 0) is 13.0 Å². The van der Waals surface area contributed by atoms with Gasteiger partial charge in [0.05, 0.1) is 6.42 Å². The van der Waals surface area contributed by atoms with Gasteiger partial charge in [-0.15, -0.1) is 0 Å². The maximum absolute atomic E-state index is 13.1. The lowest BCUT2D eigenvalue weighted by Gasteiger charge is -2.03. The van der Waals surface area contributed by atoms with Crippen LogP contribution in [0.15, 0.2) is 12.1 Å². The molecule has 0 fully saturated rings. The van der Waals surface area contributed by atoms with E-state index in [1.165, 1.54) is 6.92 Å². The molecule has 0 aliphatic rings. The number of hydrogen-bond donors (Lipinski definition) is 0. The minimum Gasteiger partial charge on any atom is -0.300 e. The predicted molar refractivity (Wildman–Crippen MR) is 50.3 cm³/mol. The number of halogens is 3. The maximum Gasteiger partial charge on any atom is 0.162 e. The molecule has 0 spiro atoms. The number of benzene rings is 1. The van der Waals surface area contributed by atoms with Crippen molar-refractivity contribution in [3.8, 4) is 0 Å². The third-order valence-corrected chi connectivity index (χ3v) is 1.90. The van der Waals surface area contributed by atoms with E-state index in [0.29, 0.717) is 6.07 Å². The van der Waals surface area contributed by atoms with Crippen LogP contribution in [-0.4, -0.2) is 11.6 Å². The van der Waals surface area contributed by atoms with E-state index in [1.54, 1.807) is 0 Å². The van der Waals surface area contributed by atoms with Crippen LogP contribution in [0.3, 0.4) is 0 Å². The molecule has 5 heteroatoms. The second-order valence-corrected chi connectivity index (χ2v) is 3.45. The quantitative estimate of drug-likeness (QED) is 0.587. The molecule has 1 aromatic carbocycles. The van der Waals surface area contributed by atoms with E-state index in [2.05, 4.69) is 0 Å². The molecular weight excluding hydrogens is 221 g/mol. The average molecular weight is 230 g/mol. The Hall–Kier alpha value is -1.65. The largest absolute Gasteiger partial charge is 0.300 e. The van der Waals surface area contributed by atoms with Gasteiger partial charge in [-0.2, -0.15) is 0 Å². The van der Waals surface area contributed by atoms with Gasteiger partial charge in [-0.25, -0.2) is 13.2 Å². The van der Waals surface area contributed by atoms with Gasteiger partial charge in [-0.3, -0.25) is 9.59 Å². The van der Waals surface area contributed by atoms with Crippen LogP contribution in [0.25, 0.3) is 0 Å². The molecule has 2 nitrogen and oxygen atoms in total. The third kappa shape index (κ3) is 3.18. The van der Waals surface area contributed by atoms with Crippen molar-refractivity contribution < 1.29 is 22.8 Å². The van der Waals surface area contributed by atoms with Crippen molar-refractivity contribution in [1.29, 1.82) is 0 Å². The van der Waals surface area contributed by atoms with Gasteiger partial charge in [-0.1, -0.05) is 0 Å². The van der Waals surface area contributed by atoms with E-state index in [1.807, 2.05) is 0 Å². The maximum atomic E-state index is 13.1. The zero-order valence-electron chi connectivity index (χ0n) is 8.52. The Bertz CT molecular complexity index is 441. The summed E-state index contributed by atoms with van der Waals surface area (Å²) in [5.74, 6) is -4.49. The van der Waals surface area contributed by atoms with E-state index in [0.717, 1.165) is 6.07 Å². The lowest BCUT2D eigenvalue weighted by atomic mass is 10.0. The number of ketones is 2. The molecule has 0 aromatic heterocycles. The molecule has 0 atom stereocenters. The minimum atomic E-state index is -1.34. The fourth-order valence-electron chi connectivity index (χ4n) is 1.29. The van der Waals surface area contributed by atoms with Crippen molar-refractivity contribution in [3.05, 3.63) is 35.1 Å². The molecule has 1 rings (SSSR count). The summed E-state index contributed by atoms with van der Waals surface area (Å²) in [7, 11) is 0. The molecule has 0 N–H and O–H groups in total. The van der Waals surface area contributed by atoms with Gasteiger partial charge < -0.3 is 0 Å². The monoisotopic (exact) mass is 230 g/mol. The van der Waals surface area contributed by atoms with Crippen LogP contribution in [-0.2, 0) is 16.0 Å². The molecule has 0 radical (unpaired) electrons. The predicted octanol–water partition coefficient (Wildman–Crippen LogP) is 2.19. The second kappa shape index (κ2) is 4.92. The highest BCUT2D eigenvalue weighted by Gasteiger charge is 2.15. The van der Waals surface area contributed by atoms with E-state index in [9.17, 15) is 22.8 Å². The van der Waals surface area contributed by atoms with Crippen LogP contribution < -0.4 is 0 Å². The molecule has 0 aliphatic carbocycles. The Labute approximate surface area is 90.1 Å². The smallest absolute Gasteiger partial charge is 0.162 e. The number of hydrogen-bond acceptors (Lipinski definition) is 2. The summed E-state index contributed by atoms with van der Waals surface area (Å²) in [6.07, 6.45) is -0.850. The molecule has 0 saturated heterocycles. The van der Waals surface area contributed by atoms with E-state index in [4.69, 9.17) is 0 Å². The molecular formula is C11H9F3O2. The Kier molecular flexibility index (Phi) is 3.82. The van der Waals surface area contributed by atoms with Crippen LogP contribution in [0.5, 0.6) is 0 Å². The van der Waals surface area contributed by atoms with E-state index >= 15 is 0 Å². The Balaban J connectivity index is 2.89. The van der Waals surface area contributed by atoms with Crippen LogP contribution in [0.2, 0.25) is 0 Å². The SMILES string of the molecule is CC(=O)CC(=O)Cc1cc(F)cc(F)c1F. The second-order valence-electron chi connectivity index (χ2n) is 3.45. The zero-order chi connectivity index (χ0) is 12.3. The molecule has 0 aliphatic heterocycles. The summed E-state index contributed by atoms with van der Waals surface area (Å²) in [6.45, 7) is 1.21. The standard InChI is InChI=1S/C11H9F3O2/c1-6(15)2-9(16)4-7-3-8(12)5-10(13)11(7)14/h3,5H,2,4H2,1H3. The summed E-state index contributed by atoms with van der Waals surface area (Å²) >= 11 is 0. The first-order valence-corrected chi connectivity index (χ1v) is 4.54. The van der Waals surface area contributed by atoms with Crippen LogP contribution in [0.4, 0.5) is 13.2 Å². The van der Waals surface area contributed by atoms with Gasteiger partial charge >= 0.3 is 0 Å². The Morgan fingerprint density at radius 1 is 1.19 bits per heavy atom. The Morgan fingerprint density at radius 3 is 2.38 bits per heavy atom. The van der Waals surface area contributed by atoms with Gasteiger partial charge in [0.1, 0.15) is 17.4 Å². The first kappa shape index (κ1) is 12.4. The molecule has 0 saturated carbocycles. The normalized spacial score (nSPS) is 10.2. The molecule has 1 aromatic rings. The van der Waals surface area contributed by atoms with E-state index < -0.39 is 29.7 Å². The van der Waals surface area contributed by atoms with Gasteiger partial charge in [0.15, 0.2) is 11.6 Å². The van der Waals surface area contributed by atoms with Crippen molar-refractivity contribution >= 4 is 11.6 Å². The Morgan fingerprint density at radius 2 is 1.81 bits per heavy atom. The van der Waals surface area contributed by atoms with Gasteiger partial charge in [0.25, 0.3) is 0 Å². The molecule has 0 heterocycles. The van der Waals surface area contributed by atoms with Gasteiger partial charge in [0.2, 0.25) is 0 Å². The minimum absolute atomic E-state index is 0.364. The first-order valence-electron chi connectivity index (χ1n) is 4.54. The molecule has 0 bridgehead atoms. The van der Waals surface area contributed by atoms with Crippen molar-refractivity contribution in [2.75, 3.05) is 0 Å². The van der Waals surface area contributed by atoms with Crippen LogP contribution in [0, 0.1) is 17.5 Å². The van der Waals surface area contributed by atoms with Crippen molar-refractivity contribution in [3.63, 3.8) is 0 Å². The number of rotatable bonds is 4. The van der Waals surface area contributed by atoms with Crippen molar-refractivity contribution in [2.45, 2.75) is 19.8 Å². The van der Waals surface area contributed by atoms with Crippen LogP contribution >= 0.6 is 0 Å². The molecule has 0 amide bonds. The van der Waals surface area contributed by atoms with Crippen molar-refractivity contribution in [1.82, 2.24) is 0 Å². The van der Waals surface area contributed by atoms with Gasteiger partial charge in [0, 0.05) is 18.1 Å². The average Bonchev–Trinajstić information content (AvgIpc) is 2.11. The molecule has 0 unspecified atom stereocenters. The topological polar surface area (TPSA) is 34.1 Å². The number of Topliss-reactive ketones (excluding diaryl/α,β-unsaturated/α-hetero) is 2. The highest BCUT2D eigenvalue weighted by atomic mass is 19.2. The number of carbonyl (C=O) groups excluding carboxylic acids is 2. The summed E-state index contributed by atoms with van der Waals surface area (Å²) in [4.78, 5) is 21.8. The summed E-state index contributed by atoms with van der Waals surface area (Å²) in [5, 5.41) is 0. The van der Waals surface area contributed by atoms with Crippen LogP contribution in [0.1, 0.15) is 18.9 Å². The summed E-state index contributed by atoms with van der Waals surface area (Å²) < 4.78 is 38.6. The highest BCUT2D eigenvalue weighted by Crippen LogP contribution is 2.15. The molecule has 16 heavy (non-hydrogen) atoms. The van der Waals surface area contributed by atoms with Crippen molar-refractivity contribution in [2.24, 2.45) is 0 Å². The zero-order valence-corrected chi connectivity index (χ0v) is 8.52. The fraction of sp³-hybridized carbons (Fsp3) is 0.273. The summed E-state index contributed by atoms with van der Waals surface area (Å²) in [5.41, 5.74) is -0.372. The first-order chi connectivity index (χ1) is 7.40. The van der Waals surface area contributed by atoms with E-state index in [-0.39, 0.29) is 17.8 Å². The summed E-state index contributed by atoms with van der Waals surface area (Å²) in [6, 6.07) is 1.14. The fourth-order valence-corrected chi connectivity index (χ4v) is 1.29. The third-order valence-electron chi connectivity index (χ3n) is 1.90. The lowest BCUT2D eigenvalue weighted by molar-refractivity contribution is -0.125. The lowest BCUT2D eigenvalue weighted by Crippen LogP contribution is -2.09. The number of carbonyl (C=O) groups is 2. The molecule has 86 valence electrons. The highest BCUT2D eigenvalue weighted by molar-refractivity contribution is 5.98.